The van der Waals surface area contributed by atoms with Crippen molar-refractivity contribution in [2.75, 3.05) is 27.2 Å². The van der Waals surface area contributed by atoms with Crippen LogP contribution in [0.2, 0.25) is 0 Å². The molecule has 0 amide bonds. The minimum atomic E-state index is 0.623. The smallest absolute Gasteiger partial charge is 0.0575 e. The highest BCUT2D eigenvalue weighted by atomic mass is 16.7. The average molecular weight is 172 g/mol. The molecule has 1 N–H and O–H groups in total. The van der Waals surface area contributed by atoms with Gasteiger partial charge in [0.1, 0.15) is 0 Å². The van der Waals surface area contributed by atoms with E-state index in [-0.39, 0.29) is 0 Å². The Bertz CT molecular complexity index is 111. The SMILES string of the molecule is CON(C)CC1CCCCCN1. The van der Waals surface area contributed by atoms with Crippen LogP contribution in [-0.4, -0.2) is 38.4 Å². The molecule has 12 heavy (non-hydrogen) atoms. The first kappa shape index (κ1) is 9.96. The van der Waals surface area contributed by atoms with Gasteiger partial charge in [0.2, 0.25) is 0 Å². The number of rotatable bonds is 3. The van der Waals surface area contributed by atoms with Gasteiger partial charge < -0.3 is 10.2 Å². The van der Waals surface area contributed by atoms with Gasteiger partial charge in [0.15, 0.2) is 0 Å². The molecule has 0 spiro atoms. The molecule has 3 nitrogen and oxygen atoms in total. The van der Waals surface area contributed by atoms with Crippen LogP contribution in [-0.2, 0) is 4.84 Å². The lowest BCUT2D eigenvalue weighted by atomic mass is 10.1. The molecule has 0 aromatic carbocycles. The fourth-order valence-electron chi connectivity index (χ4n) is 1.64. The molecule has 0 saturated carbocycles. The lowest BCUT2D eigenvalue weighted by Gasteiger charge is -2.21. The van der Waals surface area contributed by atoms with Gasteiger partial charge in [-0.15, -0.1) is 0 Å². The summed E-state index contributed by atoms with van der Waals surface area (Å²) >= 11 is 0. The first-order valence-electron chi connectivity index (χ1n) is 4.81. The Labute approximate surface area is 75.0 Å². The number of hydrogen-bond acceptors (Lipinski definition) is 3. The molecule has 1 unspecified atom stereocenters. The number of hydroxylamine groups is 2. The summed E-state index contributed by atoms with van der Waals surface area (Å²) in [5.41, 5.74) is 0. The van der Waals surface area contributed by atoms with Crippen molar-refractivity contribution in [1.82, 2.24) is 10.4 Å². The van der Waals surface area contributed by atoms with Gasteiger partial charge in [0.05, 0.1) is 7.11 Å². The maximum atomic E-state index is 5.09. The van der Waals surface area contributed by atoms with E-state index in [1.807, 2.05) is 12.1 Å². The Morgan fingerprint density at radius 1 is 1.42 bits per heavy atom. The third-order valence-electron chi connectivity index (χ3n) is 2.45. The van der Waals surface area contributed by atoms with Gasteiger partial charge >= 0.3 is 0 Å². The van der Waals surface area contributed by atoms with Gasteiger partial charge in [-0.1, -0.05) is 12.8 Å². The molecule has 1 aliphatic heterocycles. The molecule has 3 heteroatoms. The van der Waals surface area contributed by atoms with Crippen LogP contribution < -0.4 is 5.32 Å². The van der Waals surface area contributed by atoms with E-state index in [4.69, 9.17) is 4.84 Å². The predicted octanol–water partition coefficient (Wildman–Crippen LogP) is 1.01. The van der Waals surface area contributed by atoms with Crippen LogP contribution in [0.1, 0.15) is 25.7 Å². The van der Waals surface area contributed by atoms with Crippen molar-refractivity contribution in [3.8, 4) is 0 Å². The van der Waals surface area contributed by atoms with Crippen molar-refractivity contribution < 1.29 is 4.84 Å². The Morgan fingerprint density at radius 2 is 2.25 bits per heavy atom. The molecular weight excluding hydrogens is 152 g/mol. The van der Waals surface area contributed by atoms with Crippen LogP contribution in [0.25, 0.3) is 0 Å². The Balaban J connectivity index is 2.20. The highest BCUT2D eigenvalue weighted by Gasteiger charge is 2.12. The second kappa shape index (κ2) is 5.51. The van der Waals surface area contributed by atoms with Gasteiger partial charge in [-0.2, -0.15) is 5.06 Å². The molecular formula is C9H20N2O. The maximum Gasteiger partial charge on any atom is 0.0575 e. The fourth-order valence-corrected chi connectivity index (χ4v) is 1.64. The first-order valence-corrected chi connectivity index (χ1v) is 4.81. The summed E-state index contributed by atoms with van der Waals surface area (Å²) in [5, 5.41) is 5.42. The lowest BCUT2D eigenvalue weighted by molar-refractivity contribution is -0.114. The minimum Gasteiger partial charge on any atom is -0.313 e. The van der Waals surface area contributed by atoms with E-state index in [1.165, 1.54) is 32.2 Å². The molecule has 0 aliphatic carbocycles. The van der Waals surface area contributed by atoms with E-state index in [1.54, 1.807) is 7.11 Å². The normalized spacial score (nSPS) is 25.8. The van der Waals surface area contributed by atoms with Crippen molar-refractivity contribution in [1.29, 1.82) is 0 Å². The standard InChI is InChI=1S/C9H20N2O/c1-11(12-2)8-9-6-4-3-5-7-10-9/h9-10H,3-8H2,1-2H3. The van der Waals surface area contributed by atoms with E-state index >= 15 is 0 Å². The zero-order valence-electron chi connectivity index (χ0n) is 8.18. The number of hydrogen-bond donors (Lipinski definition) is 1. The predicted molar refractivity (Wildman–Crippen MR) is 49.9 cm³/mol. The summed E-state index contributed by atoms with van der Waals surface area (Å²) in [5.74, 6) is 0. The van der Waals surface area contributed by atoms with Gasteiger partial charge in [-0.05, 0) is 19.4 Å². The topological polar surface area (TPSA) is 24.5 Å². The van der Waals surface area contributed by atoms with Crippen LogP contribution >= 0.6 is 0 Å². The molecule has 0 aromatic heterocycles. The van der Waals surface area contributed by atoms with Crippen molar-refractivity contribution in [3.05, 3.63) is 0 Å². The summed E-state index contributed by atoms with van der Waals surface area (Å²) in [6, 6.07) is 0.623. The van der Waals surface area contributed by atoms with E-state index in [0.717, 1.165) is 6.54 Å². The Morgan fingerprint density at radius 3 is 3.00 bits per heavy atom. The molecule has 1 fully saturated rings. The summed E-state index contributed by atoms with van der Waals surface area (Å²) in [4.78, 5) is 5.09. The number of nitrogens with zero attached hydrogens (tertiary/aromatic N) is 1. The monoisotopic (exact) mass is 172 g/mol. The third-order valence-corrected chi connectivity index (χ3v) is 2.45. The quantitative estimate of drug-likeness (QED) is 0.643. The van der Waals surface area contributed by atoms with Crippen LogP contribution in [0.3, 0.4) is 0 Å². The third kappa shape index (κ3) is 3.52. The molecule has 1 heterocycles. The molecule has 1 rings (SSSR count). The largest absolute Gasteiger partial charge is 0.313 e. The van der Waals surface area contributed by atoms with Gasteiger partial charge in [0.25, 0.3) is 0 Å². The minimum absolute atomic E-state index is 0.623. The average Bonchev–Trinajstić information content (AvgIpc) is 2.33. The molecule has 1 saturated heterocycles. The van der Waals surface area contributed by atoms with Crippen molar-refractivity contribution >= 4 is 0 Å². The molecule has 0 radical (unpaired) electrons. The summed E-state index contributed by atoms with van der Waals surface area (Å²) < 4.78 is 0. The summed E-state index contributed by atoms with van der Waals surface area (Å²) in [6.45, 7) is 2.17. The maximum absolute atomic E-state index is 5.09. The van der Waals surface area contributed by atoms with Crippen LogP contribution in [0.15, 0.2) is 0 Å². The van der Waals surface area contributed by atoms with Crippen LogP contribution in [0.5, 0.6) is 0 Å². The lowest BCUT2D eigenvalue weighted by Crippen LogP contribution is -2.38. The van der Waals surface area contributed by atoms with Crippen molar-refractivity contribution in [2.45, 2.75) is 31.7 Å². The van der Waals surface area contributed by atoms with Gasteiger partial charge in [0, 0.05) is 19.6 Å². The van der Waals surface area contributed by atoms with Gasteiger partial charge in [-0.3, -0.25) is 0 Å². The van der Waals surface area contributed by atoms with Crippen molar-refractivity contribution in [2.24, 2.45) is 0 Å². The molecule has 1 aliphatic rings. The van der Waals surface area contributed by atoms with Crippen molar-refractivity contribution in [3.63, 3.8) is 0 Å². The van der Waals surface area contributed by atoms with Gasteiger partial charge in [-0.25, -0.2) is 0 Å². The molecule has 1 atom stereocenters. The summed E-state index contributed by atoms with van der Waals surface area (Å²) in [6.07, 6.45) is 5.34. The summed E-state index contributed by atoms with van der Waals surface area (Å²) in [7, 11) is 3.70. The zero-order valence-corrected chi connectivity index (χ0v) is 8.18. The molecule has 0 aromatic rings. The van der Waals surface area contributed by atoms with Crippen LogP contribution in [0, 0.1) is 0 Å². The van der Waals surface area contributed by atoms with E-state index in [2.05, 4.69) is 5.32 Å². The van der Waals surface area contributed by atoms with E-state index < -0.39 is 0 Å². The first-order chi connectivity index (χ1) is 5.83. The Kier molecular flexibility index (Phi) is 4.58. The fraction of sp³-hybridized carbons (Fsp3) is 1.00. The number of likely N-dealkylation sites (N-methyl/N-ethyl adjacent to an activating group) is 1. The molecule has 72 valence electrons. The van der Waals surface area contributed by atoms with Crippen LogP contribution in [0.4, 0.5) is 0 Å². The zero-order chi connectivity index (χ0) is 8.81. The number of nitrogens with one attached hydrogen (secondary N) is 1. The highest BCUT2D eigenvalue weighted by molar-refractivity contribution is 4.71. The second-order valence-corrected chi connectivity index (χ2v) is 3.49. The Hall–Kier alpha value is -0.120. The van der Waals surface area contributed by atoms with E-state index in [0.29, 0.717) is 6.04 Å². The highest BCUT2D eigenvalue weighted by Crippen LogP contribution is 2.08. The second-order valence-electron chi connectivity index (χ2n) is 3.49. The van der Waals surface area contributed by atoms with E-state index in [9.17, 15) is 0 Å². The molecule has 0 bridgehead atoms.